The monoisotopic (exact) mass is 374 g/mol. The van der Waals surface area contributed by atoms with Gasteiger partial charge in [0.05, 0.1) is 5.39 Å². The van der Waals surface area contributed by atoms with Crippen LogP contribution in [0.25, 0.3) is 11.0 Å². The Bertz CT molecular complexity index is 915. The van der Waals surface area contributed by atoms with E-state index in [1.165, 1.54) is 12.5 Å². The molecule has 26 heavy (non-hydrogen) atoms. The smallest absolute Gasteiger partial charge is 0.225 e. The van der Waals surface area contributed by atoms with Crippen LogP contribution in [0.5, 0.6) is 0 Å². The SMILES string of the molecule is CC(C)c1cnc(N2CCC(n3cc(F)c4c(Cl)ncnc43)CC2)nc1. The molecule has 0 spiro atoms. The highest BCUT2D eigenvalue weighted by Crippen LogP contribution is 2.31. The van der Waals surface area contributed by atoms with Gasteiger partial charge in [0.1, 0.15) is 17.1 Å². The van der Waals surface area contributed by atoms with E-state index in [2.05, 4.69) is 38.7 Å². The third-order valence-corrected chi connectivity index (χ3v) is 5.27. The van der Waals surface area contributed by atoms with Crippen LogP contribution in [0.3, 0.4) is 0 Å². The van der Waals surface area contributed by atoms with Gasteiger partial charge >= 0.3 is 0 Å². The molecule has 3 aromatic rings. The summed E-state index contributed by atoms with van der Waals surface area (Å²) in [6.07, 6.45) is 8.37. The fraction of sp³-hybridized carbons (Fsp3) is 0.444. The molecule has 6 nitrogen and oxygen atoms in total. The topological polar surface area (TPSA) is 59.7 Å². The minimum atomic E-state index is -0.374. The first kappa shape index (κ1) is 17.1. The number of anilines is 1. The molecule has 3 aromatic heterocycles. The summed E-state index contributed by atoms with van der Waals surface area (Å²) >= 11 is 6.02. The van der Waals surface area contributed by atoms with Crippen molar-refractivity contribution >= 4 is 28.6 Å². The molecule has 0 unspecified atom stereocenters. The van der Waals surface area contributed by atoms with Gasteiger partial charge in [-0.2, -0.15) is 0 Å². The molecule has 136 valence electrons. The van der Waals surface area contributed by atoms with Gasteiger partial charge in [-0.25, -0.2) is 24.3 Å². The Morgan fingerprint density at radius 1 is 1.12 bits per heavy atom. The Labute approximate surface area is 156 Å². The van der Waals surface area contributed by atoms with E-state index in [0.717, 1.165) is 37.4 Å². The lowest BCUT2D eigenvalue weighted by Crippen LogP contribution is -2.35. The summed E-state index contributed by atoms with van der Waals surface area (Å²) < 4.78 is 16.1. The molecule has 1 aliphatic heterocycles. The van der Waals surface area contributed by atoms with Gasteiger partial charge < -0.3 is 9.47 Å². The molecule has 0 atom stereocenters. The quantitative estimate of drug-likeness (QED) is 0.649. The molecule has 0 N–H and O–H groups in total. The minimum Gasteiger partial charge on any atom is -0.341 e. The largest absolute Gasteiger partial charge is 0.341 e. The molecule has 0 saturated carbocycles. The van der Waals surface area contributed by atoms with Crippen molar-refractivity contribution in [3.05, 3.63) is 41.5 Å². The maximum atomic E-state index is 14.3. The Kier molecular flexibility index (Phi) is 4.48. The molecule has 0 radical (unpaired) electrons. The van der Waals surface area contributed by atoms with Gasteiger partial charge in [0.15, 0.2) is 5.82 Å². The zero-order valence-corrected chi connectivity index (χ0v) is 15.5. The summed E-state index contributed by atoms with van der Waals surface area (Å²) in [5, 5.41) is 0.450. The fourth-order valence-electron chi connectivity index (χ4n) is 3.42. The number of fused-ring (bicyclic) bond motifs is 1. The van der Waals surface area contributed by atoms with E-state index in [9.17, 15) is 4.39 Å². The van der Waals surface area contributed by atoms with Crippen molar-refractivity contribution in [3.63, 3.8) is 0 Å². The summed E-state index contributed by atoms with van der Waals surface area (Å²) in [5.41, 5.74) is 1.69. The van der Waals surface area contributed by atoms with Crippen LogP contribution < -0.4 is 4.90 Å². The van der Waals surface area contributed by atoms with Crippen molar-refractivity contribution < 1.29 is 4.39 Å². The van der Waals surface area contributed by atoms with E-state index in [4.69, 9.17) is 11.6 Å². The first-order valence-corrected chi connectivity index (χ1v) is 9.16. The van der Waals surface area contributed by atoms with Crippen LogP contribution in [0.2, 0.25) is 5.15 Å². The molecular formula is C18H20ClFN6. The second-order valence-corrected chi connectivity index (χ2v) is 7.29. The van der Waals surface area contributed by atoms with Crippen molar-refractivity contribution in [2.45, 2.75) is 38.6 Å². The van der Waals surface area contributed by atoms with Crippen LogP contribution in [0.15, 0.2) is 24.9 Å². The van der Waals surface area contributed by atoms with E-state index in [-0.39, 0.29) is 17.0 Å². The molecule has 0 aliphatic carbocycles. The minimum absolute atomic E-state index is 0.155. The van der Waals surface area contributed by atoms with Crippen LogP contribution in [-0.2, 0) is 0 Å². The summed E-state index contributed by atoms with van der Waals surface area (Å²) in [6, 6.07) is 0.166. The first-order chi connectivity index (χ1) is 12.5. The van der Waals surface area contributed by atoms with E-state index in [1.54, 1.807) is 0 Å². The predicted molar refractivity (Wildman–Crippen MR) is 99.1 cm³/mol. The Morgan fingerprint density at radius 3 is 2.46 bits per heavy atom. The normalized spacial score (nSPS) is 16.0. The molecular weight excluding hydrogens is 355 g/mol. The van der Waals surface area contributed by atoms with Gasteiger partial charge in [-0.05, 0) is 24.3 Å². The Hall–Kier alpha value is -2.28. The van der Waals surface area contributed by atoms with E-state index in [1.807, 2.05) is 17.0 Å². The van der Waals surface area contributed by atoms with Gasteiger partial charge in [-0.1, -0.05) is 25.4 Å². The number of rotatable bonds is 3. The average molecular weight is 375 g/mol. The van der Waals surface area contributed by atoms with Crippen molar-refractivity contribution in [2.75, 3.05) is 18.0 Å². The van der Waals surface area contributed by atoms with Gasteiger partial charge in [-0.15, -0.1) is 0 Å². The summed E-state index contributed by atoms with van der Waals surface area (Å²) in [6.45, 7) is 5.87. The number of hydrogen-bond donors (Lipinski definition) is 0. The van der Waals surface area contributed by atoms with Gasteiger partial charge in [0, 0.05) is 37.7 Å². The van der Waals surface area contributed by atoms with E-state index >= 15 is 0 Å². The maximum absolute atomic E-state index is 14.3. The second kappa shape index (κ2) is 6.79. The highest BCUT2D eigenvalue weighted by Gasteiger charge is 2.25. The Balaban J connectivity index is 1.51. The zero-order valence-electron chi connectivity index (χ0n) is 14.7. The number of hydrogen-bond acceptors (Lipinski definition) is 5. The third-order valence-electron chi connectivity index (χ3n) is 4.98. The second-order valence-electron chi connectivity index (χ2n) is 6.94. The molecule has 4 rings (SSSR count). The highest BCUT2D eigenvalue weighted by molar-refractivity contribution is 6.34. The van der Waals surface area contributed by atoms with Crippen molar-refractivity contribution in [3.8, 4) is 0 Å². The van der Waals surface area contributed by atoms with Crippen LogP contribution in [-0.4, -0.2) is 37.6 Å². The maximum Gasteiger partial charge on any atom is 0.225 e. The lowest BCUT2D eigenvalue weighted by molar-refractivity contribution is 0.398. The van der Waals surface area contributed by atoms with Gasteiger partial charge in [0.25, 0.3) is 0 Å². The van der Waals surface area contributed by atoms with Crippen LogP contribution in [0.1, 0.15) is 44.2 Å². The standard InChI is InChI=1S/C18H20ClFN6/c1-11(2)12-7-21-18(22-8-12)25-5-3-13(4-6-25)26-9-14(20)15-16(19)23-10-24-17(15)26/h7-11,13H,3-6H2,1-2H3. The van der Waals surface area contributed by atoms with Crippen molar-refractivity contribution in [1.29, 1.82) is 0 Å². The fourth-order valence-corrected chi connectivity index (χ4v) is 3.64. The van der Waals surface area contributed by atoms with Gasteiger partial charge in [-0.3, -0.25) is 0 Å². The lowest BCUT2D eigenvalue weighted by atomic mass is 10.1. The molecule has 0 aromatic carbocycles. The van der Waals surface area contributed by atoms with Crippen LogP contribution >= 0.6 is 11.6 Å². The van der Waals surface area contributed by atoms with Crippen LogP contribution in [0, 0.1) is 5.82 Å². The first-order valence-electron chi connectivity index (χ1n) is 8.78. The molecule has 4 heterocycles. The Morgan fingerprint density at radius 2 is 1.81 bits per heavy atom. The summed E-state index contributed by atoms with van der Waals surface area (Å²) in [7, 11) is 0. The lowest BCUT2D eigenvalue weighted by Gasteiger charge is -2.32. The van der Waals surface area contributed by atoms with E-state index < -0.39 is 0 Å². The molecule has 1 saturated heterocycles. The van der Waals surface area contributed by atoms with Crippen molar-refractivity contribution in [1.82, 2.24) is 24.5 Å². The third kappa shape index (κ3) is 3.00. The molecule has 0 bridgehead atoms. The highest BCUT2D eigenvalue weighted by atomic mass is 35.5. The number of piperidine rings is 1. The summed E-state index contributed by atoms with van der Waals surface area (Å²) in [4.78, 5) is 19.3. The van der Waals surface area contributed by atoms with Crippen LogP contribution in [0.4, 0.5) is 10.3 Å². The molecule has 1 aliphatic rings. The molecule has 1 fully saturated rings. The van der Waals surface area contributed by atoms with E-state index in [0.29, 0.717) is 17.0 Å². The average Bonchev–Trinajstić information content (AvgIpc) is 3.00. The van der Waals surface area contributed by atoms with Gasteiger partial charge in [0.2, 0.25) is 5.95 Å². The number of halogens is 2. The van der Waals surface area contributed by atoms with Crippen molar-refractivity contribution in [2.24, 2.45) is 0 Å². The molecule has 8 heteroatoms. The zero-order chi connectivity index (χ0) is 18.3. The number of aromatic nitrogens is 5. The summed E-state index contributed by atoms with van der Waals surface area (Å²) in [5.74, 6) is 0.794. The number of nitrogens with zero attached hydrogens (tertiary/aromatic N) is 6. The molecule has 0 amide bonds. The predicted octanol–water partition coefficient (Wildman–Crippen LogP) is 3.98.